The molecular formula is C27H43N7O4. The van der Waals surface area contributed by atoms with Crippen LogP contribution in [0.2, 0.25) is 0 Å². The average molecular weight is 530 g/mol. The molecule has 1 saturated heterocycles. The van der Waals surface area contributed by atoms with Gasteiger partial charge >= 0.3 is 0 Å². The van der Waals surface area contributed by atoms with Crippen LogP contribution in [-0.4, -0.2) is 78.3 Å². The van der Waals surface area contributed by atoms with Crippen molar-refractivity contribution >= 4 is 34.5 Å². The number of aromatic nitrogens is 2. The van der Waals surface area contributed by atoms with E-state index in [1.165, 1.54) is 0 Å². The first-order valence-electron chi connectivity index (χ1n) is 13.2. The summed E-state index contributed by atoms with van der Waals surface area (Å²) in [4.78, 5) is 36.3. The van der Waals surface area contributed by atoms with Gasteiger partial charge < -0.3 is 25.6 Å². The topological polar surface area (TPSA) is 141 Å². The normalized spacial score (nSPS) is 15.2. The zero-order valence-electron chi connectivity index (χ0n) is 23.5. The van der Waals surface area contributed by atoms with Crippen molar-refractivity contribution in [2.75, 3.05) is 51.0 Å². The number of ether oxygens (including phenoxy) is 1. The maximum Gasteiger partial charge on any atom is 0.249 e. The second-order valence-corrected chi connectivity index (χ2v) is 11.6. The van der Waals surface area contributed by atoms with Crippen molar-refractivity contribution in [1.29, 1.82) is 0 Å². The van der Waals surface area contributed by atoms with Crippen molar-refractivity contribution in [1.82, 2.24) is 25.7 Å². The second-order valence-electron chi connectivity index (χ2n) is 11.6. The molecule has 11 heteroatoms. The first-order chi connectivity index (χ1) is 17.9. The van der Waals surface area contributed by atoms with Crippen LogP contribution in [0.4, 0.5) is 11.8 Å². The van der Waals surface area contributed by atoms with Crippen LogP contribution in [0.3, 0.4) is 0 Å². The molecule has 0 bridgehead atoms. The van der Waals surface area contributed by atoms with Gasteiger partial charge in [-0.15, -0.1) is 0 Å². The van der Waals surface area contributed by atoms with Gasteiger partial charge in [0, 0.05) is 42.4 Å². The quantitative estimate of drug-likeness (QED) is 0.159. The molecule has 210 valence electrons. The molecule has 0 aliphatic carbocycles. The molecule has 0 atom stereocenters. The van der Waals surface area contributed by atoms with Gasteiger partial charge in [0.2, 0.25) is 17.8 Å². The number of likely N-dealkylation sites (tertiary alicyclic amines) is 1. The maximum atomic E-state index is 12.6. The van der Waals surface area contributed by atoms with Gasteiger partial charge in [0.15, 0.2) is 0 Å². The highest BCUT2D eigenvalue weighted by molar-refractivity contribution is 5.91. The summed E-state index contributed by atoms with van der Waals surface area (Å²) in [6.07, 6.45) is 2.79. The van der Waals surface area contributed by atoms with Crippen molar-refractivity contribution in [3.8, 4) is 5.75 Å². The van der Waals surface area contributed by atoms with E-state index >= 15 is 0 Å². The summed E-state index contributed by atoms with van der Waals surface area (Å²) in [7, 11) is 3.77. The molecular weight excluding hydrogens is 486 g/mol. The minimum Gasteiger partial charge on any atom is -0.497 e. The first kappa shape index (κ1) is 29.4. The summed E-state index contributed by atoms with van der Waals surface area (Å²) >= 11 is 0. The van der Waals surface area contributed by atoms with Crippen molar-refractivity contribution < 1.29 is 19.5 Å². The highest BCUT2D eigenvalue weighted by Gasteiger charge is 2.35. The zero-order chi connectivity index (χ0) is 27.9. The van der Waals surface area contributed by atoms with E-state index in [1.54, 1.807) is 26.4 Å². The number of carbonyl (C=O) groups excluding carboxylic acids is 2. The Morgan fingerprint density at radius 3 is 2.50 bits per heavy atom. The van der Waals surface area contributed by atoms with Crippen LogP contribution < -0.4 is 26.2 Å². The summed E-state index contributed by atoms with van der Waals surface area (Å²) < 4.78 is 5.39. The van der Waals surface area contributed by atoms with Gasteiger partial charge in [-0.1, -0.05) is 27.7 Å². The summed E-state index contributed by atoms with van der Waals surface area (Å²) in [5.74, 6) is 1.42. The number of methoxy groups -OCH3 is 1. The number of hydrogen-bond acceptors (Lipinski definition) is 9. The van der Waals surface area contributed by atoms with Crippen molar-refractivity contribution in [2.45, 2.75) is 59.4 Å². The maximum absolute atomic E-state index is 12.6. The van der Waals surface area contributed by atoms with Crippen LogP contribution in [0, 0.1) is 10.8 Å². The van der Waals surface area contributed by atoms with Gasteiger partial charge in [0.25, 0.3) is 0 Å². The number of carbonyl (C=O) groups is 2. The molecule has 2 amide bonds. The van der Waals surface area contributed by atoms with Crippen molar-refractivity contribution in [3.63, 3.8) is 0 Å². The summed E-state index contributed by atoms with van der Waals surface area (Å²) in [5, 5.41) is 19.7. The Hall–Kier alpha value is -3.18. The third-order valence-electron chi connectivity index (χ3n) is 6.97. The van der Waals surface area contributed by atoms with E-state index in [2.05, 4.69) is 32.9 Å². The van der Waals surface area contributed by atoms with Crippen molar-refractivity contribution in [2.24, 2.45) is 10.8 Å². The lowest BCUT2D eigenvalue weighted by Gasteiger charge is -2.32. The van der Waals surface area contributed by atoms with E-state index < -0.39 is 16.7 Å². The lowest BCUT2D eigenvalue weighted by atomic mass is 9.73. The summed E-state index contributed by atoms with van der Waals surface area (Å²) in [6, 6.07) is 6.12. The first-order valence-corrected chi connectivity index (χ1v) is 13.2. The third kappa shape index (κ3) is 8.16. The lowest BCUT2D eigenvalue weighted by Crippen LogP contribution is -2.40. The van der Waals surface area contributed by atoms with Gasteiger partial charge in [-0.05, 0) is 56.9 Å². The Balaban J connectivity index is 1.60. The number of nitrogens with zero attached hydrogens (tertiary/aromatic N) is 3. The number of nitrogens with one attached hydrogen (secondary N) is 4. The SMILES string of the molecule is COc1ccc2c(NC3CCN(C)CC3)nc(NCCNC(=O)CC(C)(C)CC(C)(C)C(=O)NO)nc2c1. The van der Waals surface area contributed by atoms with E-state index in [-0.39, 0.29) is 12.3 Å². The van der Waals surface area contributed by atoms with Crippen LogP contribution >= 0.6 is 0 Å². The fourth-order valence-corrected chi connectivity index (χ4v) is 5.14. The minimum absolute atomic E-state index is 0.106. The van der Waals surface area contributed by atoms with Gasteiger partial charge in [0.1, 0.15) is 11.6 Å². The Morgan fingerprint density at radius 2 is 1.84 bits per heavy atom. The fraction of sp³-hybridized carbons (Fsp3) is 0.630. The van der Waals surface area contributed by atoms with Gasteiger partial charge in [-0.2, -0.15) is 4.98 Å². The molecule has 1 aliphatic heterocycles. The molecule has 3 rings (SSSR count). The molecule has 0 saturated carbocycles. The summed E-state index contributed by atoms with van der Waals surface area (Å²) in [5.41, 5.74) is 1.26. The largest absolute Gasteiger partial charge is 0.497 e. The third-order valence-corrected chi connectivity index (χ3v) is 6.97. The predicted octanol–water partition coefficient (Wildman–Crippen LogP) is 3.01. The van der Waals surface area contributed by atoms with Crippen LogP contribution in [0.1, 0.15) is 53.4 Å². The smallest absolute Gasteiger partial charge is 0.249 e. The molecule has 5 N–H and O–H groups in total. The standard InChI is InChI=1S/C27H43N7O4/c1-26(2,17-27(3,4)24(36)33-37)16-22(35)28-11-12-29-25-31-21-15-19(38-6)7-8-20(21)23(32-25)30-18-9-13-34(5)14-10-18/h7-8,15,18,37H,9-14,16-17H2,1-6H3,(H,28,35)(H,33,36)(H2,29,30,31,32). The highest BCUT2D eigenvalue weighted by Crippen LogP contribution is 2.36. The van der Waals surface area contributed by atoms with E-state index in [0.717, 1.165) is 48.4 Å². The number of amides is 2. The van der Waals surface area contributed by atoms with Crippen LogP contribution in [0.15, 0.2) is 18.2 Å². The number of fused-ring (bicyclic) bond motifs is 1. The molecule has 2 aromatic rings. The number of rotatable bonds is 12. The number of benzene rings is 1. The van der Waals surface area contributed by atoms with E-state index in [4.69, 9.17) is 14.9 Å². The van der Waals surface area contributed by atoms with E-state index in [0.29, 0.717) is 31.5 Å². The number of hydrogen-bond donors (Lipinski definition) is 5. The molecule has 1 aliphatic rings. The van der Waals surface area contributed by atoms with Gasteiger partial charge in [-0.25, -0.2) is 10.5 Å². The highest BCUT2D eigenvalue weighted by atomic mass is 16.5. The minimum atomic E-state index is -0.796. The van der Waals surface area contributed by atoms with E-state index in [9.17, 15) is 9.59 Å². The molecule has 2 heterocycles. The molecule has 1 aromatic carbocycles. The molecule has 0 spiro atoms. The van der Waals surface area contributed by atoms with Gasteiger partial charge in [0.05, 0.1) is 12.6 Å². The van der Waals surface area contributed by atoms with E-state index in [1.807, 2.05) is 32.0 Å². The zero-order valence-corrected chi connectivity index (χ0v) is 23.5. The monoisotopic (exact) mass is 529 g/mol. The number of piperidine rings is 1. The molecule has 1 fully saturated rings. The molecule has 11 nitrogen and oxygen atoms in total. The Kier molecular flexibility index (Phi) is 9.72. The second kappa shape index (κ2) is 12.6. The predicted molar refractivity (Wildman–Crippen MR) is 148 cm³/mol. The Morgan fingerprint density at radius 1 is 1.13 bits per heavy atom. The number of hydroxylamine groups is 1. The molecule has 38 heavy (non-hydrogen) atoms. The van der Waals surface area contributed by atoms with Gasteiger partial charge in [-0.3, -0.25) is 14.8 Å². The number of anilines is 2. The molecule has 0 radical (unpaired) electrons. The molecule has 0 unspecified atom stereocenters. The van der Waals surface area contributed by atoms with Crippen molar-refractivity contribution in [3.05, 3.63) is 18.2 Å². The fourth-order valence-electron chi connectivity index (χ4n) is 5.14. The molecule has 1 aromatic heterocycles. The Labute approximate surface area is 225 Å². The summed E-state index contributed by atoms with van der Waals surface area (Å²) in [6.45, 7) is 10.3. The Bertz CT molecular complexity index is 1110. The average Bonchev–Trinajstić information content (AvgIpc) is 2.86. The van der Waals surface area contributed by atoms with Crippen LogP contribution in [-0.2, 0) is 9.59 Å². The van der Waals surface area contributed by atoms with Crippen LogP contribution in [0.25, 0.3) is 10.9 Å². The van der Waals surface area contributed by atoms with Crippen LogP contribution in [0.5, 0.6) is 5.75 Å². The lowest BCUT2D eigenvalue weighted by molar-refractivity contribution is -0.140.